The van der Waals surface area contributed by atoms with E-state index in [0.717, 1.165) is 41.6 Å². The Morgan fingerprint density at radius 2 is 1.63 bits per heavy atom. The van der Waals surface area contributed by atoms with Crippen molar-refractivity contribution >= 4 is 6.08 Å². The number of rotatable bonds is 5. The highest BCUT2D eigenvalue weighted by Gasteiger charge is 2.29. The molecule has 0 saturated heterocycles. The van der Waals surface area contributed by atoms with Gasteiger partial charge in [0.25, 0.3) is 0 Å². The third-order valence-electron chi connectivity index (χ3n) is 2.75. The smallest absolute Gasteiger partial charge is 0.331 e. The van der Waals surface area contributed by atoms with Gasteiger partial charge in [-0.1, -0.05) is 24.3 Å². The summed E-state index contributed by atoms with van der Waals surface area (Å²) in [6.07, 6.45) is 1.64. The summed E-state index contributed by atoms with van der Waals surface area (Å²) in [7, 11) is 6.42. The van der Waals surface area contributed by atoms with Gasteiger partial charge >= 0.3 is 6.18 Å². The van der Waals surface area contributed by atoms with Crippen LogP contribution in [0.5, 0.6) is 0 Å². The fourth-order valence-corrected chi connectivity index (χ4v) is 1.69. The quantitative estimate of drug-likeness (QED) is 0.556. The lowest BCUT2D eigenvalue weighted by Gasteiger charge is -2.23. The molecule has 0 fully saturated rings. The highest BCUT2D eigenvalue weighted by Crippen LogP contribution is 2.29. The first-order chi connectivity index (χ1) is 8.68. The summed E-state index contributed by atoms with van der Waals surface area (Å²) < 4.78 is 38.0. The predicted octanol–water partition coefficient (Wildman–Crippen LogP) is 4.21. The van der Waals surface area contributed by atoms with E-state index in [0.29, 0.717) is 0 Å². The fraction of sp³-hybridized carbons (Fsp3) is 0.467. The average Bonchev–Trinajstić information content (AvgIpc) is 2.26. The van der Waals surface area contributed by atoms with Crippen LogP contribution >= 0.6 is 0 Å². The van der Waals surface area contributed by atoms with Crippen LogP contribution < -0.4 is 0 Å². The molecule has 1 rings (SSSR count). The number of benzene rings is 1. The third kappa shape index (κ3) is 6.43. The van der Waals surface area contributed by atoms with Crippen LogP contribution in [0.4, 0.5) is 13.2 Å². The molecule has 0 unspecified atom stereocenters. The van der Waals surface area contributed by atoms with Crippen LogP contribution in [0.3, 0.4) is 0 Å². The first-order valence-corrected chi connectivity index (χ1v) is 6.33. The van der Waals surface area contributed by atoms with Crippen molar-refractivity contribution in [1.29, 1.82) is 0 Å². The molecule has 19 heavy (non-hydrogen) atoms. The van der Waals surface area contributed by atoms with Crippen molar-refractivity contribution < 1.29 is 17.7 Å². The molecule has 0 aliphatic heterocycles. The molecular weight excluding hydrogens is 251 g/mol. The van der Waals surface area contributed by atoms with E-state index >= 15 is 0 Å². The van der Waals surface area contributed by atoms with Crippen LogP contribution in [-0.4, -0.2) is 32.2 Å². The standard InChI is InChI=1S/C15H21F3N/c1-19(2,3)12-6-4-5-7-13-8-10-14(11-9-13)15(16,17)18/h5,7-11H,4,6,12H2,1-3H3/q+1/b7-5+. The second-order valence-corrected chi connectivity index (χ2v) is 5.68. The van der Waals surface area contributed by atoms with Gasteiger partial charge in [0, 0.05) is 0 Å². The summed E-state index contributed by atoms with van der Waals surface area (Å²) in [6.45, 7) is 1.08. The maximum Gasteiger partial charge on any atom is 0.416 e. The maximum atomic E-state index is 12.4. The van der Waals surface area contributed by atoms with Gasteiger partial charge in [-0.05, 0) is 30.5 Å². The number of nitrogens with zero attached hydrogens (tertiary/aromatic N) is 1. The first-order valence-electron chi connectivity index (χ1n) is 6.33. The molecule has 0 aromatic heterocycles. The average molecular weight is 272 g/mol. The lowest BCUT2D eigenvalue weighted by Crippen LogP contribution is -2.35. The van der Waals surface area contributed by atoms with Gasteiger partial charge in [-0.2, -0.15) is 13.2 Å². The minimum atomic E-state index is -4.26. The summed E-state index contributed by atoms with van der Waals surface area (Å²) >= 11 is 0. The van der Waals surface area contributed by atoms with Crippen molar-refractivity contribution in [3.8, 4) is 0 Å². The Hall–Kier alpha value is -1.29. The van der Waals surface area contributed by atoms with Crippen LogP contribution in [0.15, 0.2) is 30.3 Å². The normalized spacial score (nSPS) is 13.2. The van der Waals surface area contributed by atoms with Gasteiger partial charge in [0.05, 0.1) is 33.3 Å². The molecule has 0 N–H and O–H groups in total. The van der Waals surface area contributed by atoms with Crippen LogP contribution in [-0.2, 0) is 6.18 Å². The Bertz CT molecular complexity index is 411. The van der Waals surface area contributed by atoms with E-state index in [9.17, 15) is 13.2 Å². The minimum absolute atomic E-state index is 0.602. The molecule has 106 valence electrons. The zero-order valence-corrected chi connectivity index (χ0v) is 11.7. The summed E-state index contributed by atoms with van der Waals surface area (Å²) in [6, 6.07) is 5.23. The van der Waals surface area contributed by atoms with Gasteiger partial charge in [-0.25, -0.2) is 0 Å². The summed E-state index contributed by atoms with van der Waals surface area (Å²) in [5.74, 6) is 0. The molecule has 0 atom stereocenters. The van der Waals surface area contributed by atoms with E-state index in [2.05, 4.69) is 21.1 Å². The second kappa shape index (κ2) is 6.24. The number of quaternary nitrogens is 1. The summed E-state index contributed by atoms with van der Waals surface area (Å²) in [5, 5.41) is 0. The Morgan fingerprint density at radius 3 is 2.11 bits per heavy atom. The van der Waals surface area contributed by atoms with Gasteiger partial charge < -0.3 is 4.48 Å². The van der Waals surface area contributed by atoms with E-state index in [4.69, 9.17) is 0 Å². The molecule has 1 nitrogen and oxygen atoms in total. The first kappa shape index (κ1) is 15.8. The molecule has 4 heteroatoms. The van der Waals surface area contributed by atoms with Gasteiger partial charge in [-0.15, -0.1) is 0 Å². The molecule has 0 aliphatic carbocycles. The van der Waals surface area contributed by atoms with Crippen LogP contribution in [0.25, 0.3) is 6.08 Å². The topological polar surface area (TPSA) is 0 Å². The van der Waals surface area contributed by atoms with Crippen molar-refractivity contribution in [3.63, 3.8) is 0 Å². The van der Waals surface area contributed by atoms with Gasteiger partial charge in [0.1, 0.15) is 0 Å². The molecule has 0 heterocycles. The largest absolute Gasteiger partial charge is 0.416 e. The summed E-state index contributed by atoms with van der Waals surface area (Å²) in [5.41, 5.74) is 0.202. The van der Waals surface area contributed by atoms with E-state index in [1.54, 1.807) is 0 Å². The van der Waals surface area contributed by atoms with E-state index in [1.807, 2.05) is 12.2 Å². The van der Waals surface area contributed by atoms with E-state index in [-0.39, 0.29) is 0 Å². The van der Waals surface area contributed by atoms with Crippen molar-refractivity contribution in [2.45, 2.75) is 19.0 Å². The molecule has 1 aromatic rings. The number of allylic oxidation sites excluding steroid dienone is 1. The molecule has 0 spiro atoms. The monoisotopic (exact) mass is 272 g/mol. The molecule has 0 radical (unpaired) electrons. The SMILES string of the molecule is C[N+](C)(C)CCC/C=C/c1ccc(C(F)(F)F)cc1. The molecule has 0 aliphatic rings. The van der Waals surface area contributed by atoms with Crippen molar-refractivity contribution in [2.24, 2.45) is 0 Å². The Morgan fingerprint density at radius 1 is 1.05 bits per heavy atom. The lowest BCUT2D eigenvalue weighted by molar-refractivity contribution is -0.870. The molecular formula is C15H21F3N+. The maximum absolute atomic E-state index is 12.4. The molecule has 0 amide bonds. The van der Waals surface area contributed by atoms with Crippen LogP contribution in [0.1, 0.15) is 24.0 Å². The van der Waals surface area contributed by atoms with Gasteiger partial charge in [0.15, 0.2) is 0 Å². The highest BCUT2D eigenvalue weighted by molar-refractivity contribution is 5.49. The van der Waals surface area contributed by atoms with Crippen molar-refractivity contribution in [3.05, 3.63) is 41.5 Å². The summed E-state index contributed by atoms with van der Waals surface area (Å²) in [4.78, 5) is 0. The second-order valence-electron chi connectivity index (χ2n) is 5.68. The third-order valence-corrected chi connectivity index (χ3v) is 2.75. The minimum Gasteiger partial charge on any atom is -0.331 e. The van der Waals surface area contributed by atoms with Crippen LogP contribution in [0, 0.1) is 0 Å². The van der Waals surface area contributed by atoms with Crippen LogP contribution in [0.2, 0.25) is 0 Å². The molecule has 0 saturated carbocycles. The zero-order chi connectivity index (χ0) is 14.5. The number of unbranched alkanes of at least 4 members (excludes halogenated alkanes) is 1. The van der Waals surface area contributed by atoms with Crippen molar-refractivity contribution in [1.82, 2.24) is 0 Å². The van der Waals surface area contributed by atoms with Gasteiger partial charge in [0.2, 0.25) is 0 Å². The number of hydrogen-bond acceptors (Lipinski definition) is 0. The number of hydrogen-bond donors (Lipinski definition) is 0. The Kier molecular flexibility index (Phi) is 5.18. The van der Waals surface area contributed by atoms with Crippen molar-refractivity contribution in [2.75, 3.05) is 27.7 Å². The zero-order valence-electron chi connectivity index (χ0n) is 11.7. The van der Waals surface area contributed by atoms with Gasteiger partial charge in [-0.3, -0.25) is 0 Å². The lowest BCUT2D eigenvalue weighted by atomic mass is 10.1. The number of halogens is 3. The predicted molar refractivity (Wildman–Crippen MR) is 72.6 cm³/mol. The fourth-order valence-electron chi connectivity index (χ4n) is 1.69. The Labute approximate surface area is 112 Å². The Balaban J connectivity index is 2.45. The van der Waals surface area contributed by atoms with E-state index in [1.165, 1.54) is 12.1 Å². The number of alkyl halides is 3. The molecule has 0 bridgehead atoms. The van der Waals surface area contributed by atoms with E-state index < -0.39 is 11.7 Å². The highest BCUT2D eigenvalue weighted by atomic mass is 19.4. The molecule has 1 aromatic carbocycles.